The van der Waals surface area contributed by atoms with Crippen molar-refractivity contribution in [3.05, 3.63) is 41.3 Å². The minimum absolute atomic E-state index is 0.0181. The lowest BCUT2D eigenvalue weighted by Gasteiger charge is -2.08. The van der Waals surface area contributed by atoms with Crippen LogP contribution in [-0.2, 0) is 10.0 Å². The van der Waals surface area contributed by atoms with Gasteiger partial charge in [0.25, 0.3) is 10.0 Å². The molecule has 0 bridgehead atoms. The first-order valence-corrected chi connectivity index (χ1v) is 7.35. The molecule has 7 nitrogen and oxygen atoms in total. The van der Waals surface area contributed by atoms with Crippen molar-refractivity contribution in [3.63, 3.8) is 0 Å². The van der Waals surface area contributed by atoms with E-state index in [0.29, 0.717) is 5.56 Å². The molecule has 0 spiro atoms. The fraction of sp³-hybridized carbons (Fsp3) is 0.154. The summed E-state index contributed by atoms with van der Waals surface area (Å²) >= 11 is 0. The van der Waals surface area contributed by atoms with E-state index in [0.717, 1.165) is 6.07 Å². The number of benzene rings is 1. The minimum atomic E-state index is -3.98. The predicted octanol–water partition coefficient (Wildman–Crippen LogP) is 2.10. The Bertz CT molecular complexity index is 806. The van der Waals surface area contributed by atoms with E-state index in [1.165, 1.54) is 25.1 Å². The summed E-state index contributed by atoms with van der Waals surface area (Å²) in [4.78, 5) is 10.6. The Kier molecular flexibility index (Phi) is 3.65. The Balaban J connectivity index is 2.38. The number of sulfonamides is 1. The van der Waals surface area contributed by atoms with Crippen molar-refractivity contribution < 1.29 is 27.8 Å². The van der Waals surface area contributed by atoms with Gasteiger partial charge >= 0.3 is 5.97 Å². The molecule has 2 rings (SSSR count). The summed E-state index contributed by atoms with van der Waals surface area (Å²) in [7, 11) is -3.98. The maximum Gasteiger partial charge on any atom is 0.371 e. The zero-order valence-electron chi connectivity index (χ0n) is 11.2. The lowest BCUT2D eigenvalue weighted by molar-refractivity contribution is 0.0661. The van der Waals surface area contributed by atoms with Crippen molar-refractivity contribution in [1.29, 1.82) is 0 Å². The summed E-state index contributed by atoms with van der Waals surface area (Å²) in [5.41, 5.74) is 0.758. The summed E-state index contributed by atoms with van der Waals surface area (Å²) in [5, 5.41) is 18.2. The number of furan rings is 1. The fourth-order valence-corrected chi connectivity index (χ4v) is 3.00. The molecule has 1 aromatic heterocycles. The Labute approximate surface area is 120 Å². The molecule has 0 aliphatic rings. The van der Waals surface area contributed by atoms with Gasteiger partial charge in [-0.05, 0) is 37.6 Å². The second kappa shape index (κ2) is 5.13. The van der Waals surface area contributed by atoms with Gasteiger partial charge in [0.2, 0.25) is 5.76 Å². The lowest BCUT2D eigenvalue weighted by Crippen LogP contribution is -2.13. The Morgan fingerprint density at radius 2 is 1.90 bits per heavy atom. The molecule has 0 aliphatic heterocycles. The Morgan fingerprint density at radius 1 is 1.24 bits per heavy atom. The molecular formula is C13H13NO6S. The first kappa shape index (κ1) is 14.9. The van der Waals surface area contributed by atoms with Gasteiger partial charge in [-0.2, -0.15) is 0 Å². The molecule has 0 saturated heterocycles. The maximum absolute atomic E-state index is 12.2. The molecule has 0 aliphatic carbocycles. The summed E-state index contributed by atoms with van der Waals surface area (Å²) in [6.07, 6.45) is 0. The van der Waals surface area contributed by atoms with Gasteiger partial charge in [0, 0.05) is 11.8 Å². The first-order chi connectivity index (χ1) is 9.70. The van der Waals surface area contributed by atoms with Gasteiger partial charge in [0.15, 0.2) is 0 Å². The van der Waals surface area contributed by atoms with E-state index in [9.17, 15) is 18.3 Å². The van der Waals surface area contributed by atoms with Crippen LogP contribution in [0.15, 0.2) is 33.6 Å². The monoisotopic (exact) mass is 311 g/mol. The highest BCUT2D eigenvalue weighted by molar-refractivity contribution is 7.92. The van der Waals surface area contributed by atoms with E-state index in [2.05, 4.69) is 4.72 Å². The van der Waals surface area contributed by atoms with Crippen LogP contribution in [0.4, 0.5) is 5.69 Å². The Morgan fingerprint density at radius 3 is 2.43 bits per heavy atom. The maximum atomic E-state index is 12.2. The number of phenols is 1. The van der Waals surface area contributed by atoms with Crippen LogP contribution in [0.25, 0.3) is 0 Å². The highest BCUT2D eigenvalue weighted by atomic mass is 32.2. The van der Waals surface area contributed by atoms with Crippen molar-refractivity contribution in [1.82, 2.24) is 0 Å². The molecule has 0 atom stereocenters. The third-order valence-corrected chi connectivity index (χ3v) is 4.31. The molecular weight excluding hydrogens is 298 g/mol. The second-order valence-corrected chi connectivity index (χ2v) is 6.09. The van der Waals surface area contributed by atoms with Crippen molar-refractivity contribution in [2.75, 3.05) is 4.72 Å². The molecule has 112 valence electrons. The number of hydrogen-bond donors (Lipinski definition) is 3. The van der Waals surface area contributed by atoms with Gasteiger partial charge in [0.1, 0.15) is 16.4 Å². The average Bonchev–Trinajstić information content (AvgIpc) is 2.77. The molecule has 0 fully saturated rings. The van der Waals surface area contributed by atoms with Crippen LogP contribution in [0, 0.1) is 13.8 Å². The third-order valence-electron chi connectivity index (χ3n) is 2.82. The van der Waals surface area contributed by atoms with E-state index in [1.54, 1.807) is 6.92 Å². The minimum Gasteiger partial charge on any atom is -0.508 e. The van der Waals surface area contributed by atoms with Crippen LogP contribution in [-0.4, -0.2) is 24.6 Å². The molecule has 0 unspecified atom stereocenters. The number of rotatable bonds is 4. The summed E-state index contributed by atoms with van der Waals surface area (Å²) < 4.78 is 31.6. The molecule has 0 radical (unpaired) electrons. The topological polar surface area (TPSA) is 117 Å². The first-order valence-electron chi connectivity index (χ1n) is 5.87. The number of nitrogens with one attached hydrogen (secondary N) is 1. The molecule has 21 heavy (non-hydrogen) atoms. The number of anilines is 1. The van der Waals surface area contributed by atoms with Gasteiger partial charge < -0.3 is 14.6 Å². The largest absolute Gasteiger partial charge is 0.508 e. The number of phenolic OH excluding ortho intramolecular Hbond substituents is 1. The van der Waals surface area contributed by atoms with E-state index in [1.807, 2.05) is 0 Å². The molecule has 3 N–H and O–H groups in total. The van der Waals surface area contributed by atoms with Crippen LogP contribution in [0.3, 0.4) is 0 Å². The standard InChI is InChI=1S/C13H13NO6S/c1-7-5-9(3-4-10(7)15)14-21(18,19)12-6-11(13(16)17)20-8(12)2/h3-6,14-15H,1-2H3,(H,16,17). The smallest absolute Gasteiger partial charge is 0.371 e. The van der Waals surface area contributed by atoms with Crippen LogP contribution in [0.2, 0.25) is 0 Å². The van der Waals surface area contributed by atoms with Gasteiger partial charge in [-0.3, -0.25) is 4.72 Å². The second-order valence-electron chi connectivity index (χ2n) is 4.44. The number of aromatic carboxylic acids is 1. The number of carboxylic acid groups (broad SMARTS) is 1. The zero-order chi connectivity index (χ0) is 15.8. The van der Waals surface area contributed by atoms with Gasteiger partial charge in [-0.1, -0.05) is 0 Å². The van der Waals surface area contributed by atoms with E-state index in [4.69, 9.17) is 9.52 Å². The van der Waals surface area contributed by atoms with Gasteiger partial charge in [0.05, 0.1) is 0 Å². The van der Waals surface area contributed by atoms with E-state index < -0.39 is 21.8 Å². The Hall–Kier alpha value is -2.48. The van der Waals surface area contributed by atoms with Crippen molar-refractivity contribution >= 4 is 21.7 Å². The van der Waals surface area contributed by atoms with Crippen molar-refractivity contribution in [2.45, 2.75) is 18.7 Å². The predicted molar refractivity (Wildman–Crippen MR) is 74.1 cm³/mol. The SMILES string of the molecule is Cc1cc(NS(=O)(=O)c2cc(C(=O)O)oc2C)ccc1O. The van der Waals surface area contributed by atoms with Crippen molar-refractivity contribution in [2.24, 2.45) is 0 Å². The fourth-order valence-electron chi connectivity index (χ4n) is 1.77. The number of aryl methyl sites for hydroxylation is 2. The highest BCUT2D eigenvalue weighted by Gasteiger charge is 2.24. The summed E-state index contributed by atoms with van der Waals surface area (Å²) in [5.74, 6) is -1.77. The van der Waals surface area contributed by atoms with E-state index in [-0.39, 0.29) is 22.1 Å². The third kappa shape index (κ3) is 3.00. The normalized spacial score (nSPS) is 11.3. The summed E-state index contributed by atoms with van der Waals surface area (Å²) in [6, 6.07) is 5.17. The average molecular weight is 311 g/mol. The van der Waals surface area contributed by atoms with Crippen LogP contribution in [0.5, 0.6) is 5.75 Å². The number of aromatic hydroxyl groups is 1. The van der Waals surface area contributed by atoms with Crippen molar-refractivity contribution in [3.8, 4) is 5.75 Å². The lowest BCUT2D eigenvalue weighted by atomic mass is 10.2. The number of carbonyl (C=O) groups is 1. The molecule has 2 aromatic rings. The number of hydrogen-bond acceptors (Lipinski definition) is 5. The molecule has 0 saturated carbocycles. The molecule has 1 heterocycles. The highest BCUT2D eigenvalue weighted by Crippen LogP contribution is 2.25. The summed E-state index contributed by atoms with van der Waals surface area (Å²) in [6.45, 7) is 2.99. The van der Waals surface area contributed by atoms with Crippen LogP contribution < -0.4 is 4.72 Å². The van der Waals surface area contributed by atoms with Gasteiger partial charge in [-0.15, -0.1) is 0 Å². The van der Waals surface area contributed by atoms with Crippen LogP contribution in [0.1, 0.15) is 21.9 Å². The zero-order valence-corrected chi connectivity index (χ0v) is 12.1. The molecule has 1 aromatic carbocycles. The van der Waals surface area contributed by atoms with Gasteiger partial charge in [-0.25, -0.2) is 13.2 Å². The van der Waals surface area contributed by atoms with E-state index >= 15 is 0 Å². The molecule has 0 amide bonds. The molecule has 8 heteroatoms. The quantitative estimate of drug-likeness (QED) is 0.744. The van der Waals surface area contributed by atoms with Crippen LogP contribution >= 0.6 is 0 Å². The number of carboxylic acids is 1.